The summed E-state index contributed by atoms with van der Waals surface area (Å²) in [6.07, 6.45) is 2.00. The lowest BCUT2D eigenvalue weighted by atomic mass is 10.1. The van der Waals surface area contributed by atoms with Gasteiger partial charge in [0, 0.05) is 17.3 Å². The van der Waals surface area contributed by atoms with Gasteiger partial charge in [0.2, 0.25) is 0 Å². The van der Waals surface area contributed by atoms with E-state index in [1.807, 2.05) is 36.4 Å². The number of nitrogens with one attached hydrogen (secondary N) is 2. The molecule has 2 N–H and O–H groups in total. The fourth-order valence-electron chi connectivity index (χ4n) is 2.03. The molecule has 2 aromatic rings. The van der Waals surface area contributed by atoms with Gasteiger partial charge in [-0.05, 0) is 61.0 Å². The van der Waals surface area contributed by atoms with Gasteiger partial charge in [-0.2, -0.15) is 0 Å². The van der Waals surface area contributed by atoms with Crippen molar-refractivity contribution in [2.75, 3.05) is 19.0 Å². The van der Waals surface area contributed by atoms with Crippen LogP contribution >= 0.6 is 23.8 Å². The predicted octanol–water partition coefficient (Wildman–Crippen LogP) is 4.27. The molecule has 0 spiro atoms. The number of rotatable bonds is 6. The Kier molecular flexibility index (Phi) is 6.49. The molecule has 0 bridgehead atoms. The maximum absolute atomic E-state index is 5.93. The molecular weight excluding hydrogens is 316 g/mol. The number of thiocarbonyl (C=S) groups is 1. The Bertz CT molecular complexity index is 616. The van der Waals surface area contributed by atoms with Gasteiger partial charge in [0.15, 0.2) is 5.11 Å². The monoisotopic (exact) mass is 334 g/mol. The minimum absolute atomic E-state index is 0.608. The van der Waals surface area contributed by atoms with Crippen LogP contribution in [0, 0.1) is 0 Å². The smallest absolute Gasteiger partial charge is 0.170 e. The van der Waals surface area contributed by atoms with Crippen LogP contribution in [0.15, 0.2) is 48.5 Å². The van der Waals surface area contributed by atoms with E-state index in [9.17, 15) is 0 Å². The highest BCUT2D eigenvalue weighted by atomic mass is 35.5. The van der Waals surface area contributed by atoms with E-state index in [-0.39, 0.29) is 0 Å². The molecule has 22 heavy (non-hydrogen) atoms. The van der Waals surface area contributed by atoms with Crippen molar-refractivity contribution in [3.05, 3.63) is 59.1 Å². The Hall–Kier alpha value is -1.78. The first-order valence-corrected chi connectivity index (χ1v) is 7.89. The summed E-state index contributed by atoms with van der Waals surface area (Å²) >= 11 is 11.2. The van der Waals surface area contributed by atoms with Crippen LogP contribution < -0.4 is 15.4 Å². The van der Waals surface area contributed by atoms with Gasteiger partial charge in [0.25, 0.3) is 0 Å². The summed E-state index contributed by atoms with van der Waals surface area (Å²) in [4.78, 5) is 0. The number of aryl methyl sites for hydroxylation is 1. The molecule has 0 aliphatic heterocycles. The molecule has 3 nitrogen and oxygen atoms in total. The summed E-state index contributed by atoms with van der Waals surface area (Å²) in [5.74, 6) is 0.883. The molecule has 0 radical (unpaired) electrons. The van der Waals surface area contributed by atoms with Gasteiger partial charge in [-0.25, -0.2) is 0 Å². The van der Waals surface area contributed by atoms with Crippen molar-refractivity contribution < 1.29 is 4.74 Å². The van der Waals surface area contributed by atoms with Crippen LogP contribution in [-0.4, -0.2) is 18.8 Å². The first kappa shape index (κ1) is 16.6. The minimum atomic E-state index is 0.608. The van der Waals surface area contributed by atoms with Crippen LogP contribution in [-0.2, 0) is 6.42 Å². The number of anilines is 1. The molecular formula is C17H19ClN2OS. The van der Waals surface area contributed by atoms with E-state index >= 15 is 0 Å². The van der Waals surface area contributed by atoms with Gasteiger partial charge >= 0.3 is 0 Å². The lowest BCUT2D eigenvalue weighted by Crippen LogP contribution is -2.29. The summed E-state index contributed by atoms with van der Waals surface area (Å²) < 4.78 is 5.14. The molecule has 0 unspecified atom stereocenters. The molecule has 116 valence electrons. The SMILES string of the molecule is COc1ccc(CCCNC(=S)Nc2cccc(Cl)c2)cc1. The highest BCUT2D eigenvalue weighted by Crippen LogP contribution is 2.15. The van der Waals surface area contributed by atoms with Crippen LogP contribution in [0.25, 0.3) is 0 Å². The van der Waals surface area contributed by atoms with Crippen LogP contribution in [0.4, 0.5) is 5.69 Å². The van der Waals surface area contributed by atoms with Gasteiger partial charge in [0.05, 0.1) is 7.11 Å². The zero-order chi connectivity index (χ0) is 15.8. The second-order valence-corrected chi connectivity index (χ2v) is 5.69. The Balaban J connectivity index is 1.68. The van der Waals surface area contributed by atoms with Gasteiger partial charge in [-0.15, -0.1) is 0 Å². The van der Waals surface area contributed by atoms with Crippen molar-refractivity contribution in [1.82, 2.24) is 5.32 Å². The van der Waals surface area contributed by atoms with Gasteiger partial charge in [0.1, 0.15) is 5.75 Å². The highest BCUT2D eigenvalue weighted by molar-refractivity contribution is 7.80. The van der Waals surface area contributed by atoms with Crippen LogP contribution in [0.5, 0.6) is 5.75 Å². The summed E-state index contributed by atoms with van der Waals surface area (Å²) in [5, 5.41) is 7.61. The Morgan fingerprint density at radius 3 is 2.64 bits per heavy atom. The van der Waals surface area contributed by atoms with Crippen molar-refractivity contribution >= 4 is 34.6 Å². The third-order valence-corrected chi connectivity index (χ3v) is 3.65. The lowest BCUT2D eigenvalue weighted by Gasteiger charge is -2.10. The molecule has 0 amide bonds. The Morgan fingerprint density at radius 1 is 1.18 bits per heavy atom. The lowest BCUT2D eigenvalue weighted by molar-refractivity contribution is 0.414. The number of hydrogen-bond donors (Lipinski definition) is 2. The van der Waals surface area contributed by atoms with Gasteiger partial charge < -0.3 is 15.4 Å². The van der Waals surface area contributed by atoms with Gasteiger partial charge in [-0.3, -0.25) is 0 Å². The summed E-state index contributed by atoms with van der Waals surface area (Å²) in [7, 11) is 1.67. The fraction of sp³-hybridized carbons (Fsp3) is 0.235. The first-order valence-electron chi connectivity index (χ1n) is 7.11. The maximum Gasteiger partial charge on any atom is 0.170 e. The molecule has 0 aliphatic carbocycles. The van der Waals surface area contributed by atoms with Crippen molar-refractivity contribution in [3.8, 4) is 5.75 Å². The molecule has 0 saturated carbocycles. The molecule has 0 saturated heterocycles. The number of halogens is 1. The van der Waals surface area contributed by atoms with E-state index in [4.69, 9.17) is 28.6 Å². The van der Waals surface area contributed by atoms with E-state index < -0.39 is 0 Å². The number of ether oxygens (including phenoxy) is 1. The third-order valence-electron chi connectivity index (χ3n) is 3.17. The van der Waals surface area contributed by atoms with E-state index in [0.29, 0.717) is 10.1 Å². The minimum Gasteiger partial charge on any atom is -0.497 e. The normalized spacial score (nSPS) is 10.1. The molecule has 0 aliphatic rings. The summed E-state index contributed by atoms with van der Waals surface area (Å²) in [6.45, 7) is 0.818. The van der Waals surface area contributed by atoms with E-state index in [1.54, 1.807) is 7.11 Å². The molecule has 0 fully saturated rings. The van der Waals surface area contributed by atoms with E-state index in [1.165, 1.54) is 5.56 Å². The predicted molar refractivity (Wildman–Crippen MR) is 97.0 cm³/mol. The molecule has 2 aromatic carbocycles. The zero-order valence-corrected chi connectivity index (χ0v) is 14.0. The second kappa shape index (κ2) is 8.61. The average Bonchev–Trinajstić information content (AvgIpc) is 2.52. The molecule has 0 heterocycles. The molecule has 0 aromatic heterocycles. The molecule has 5 heteroatoms. The van der Waals surface area contributed by atoms with Crippen LogP contribution in [0.3, 0.4) is 0 Å². The first-order chi connectivity index (χ1) is 10.7. The third kappa shape index (κ3) is 5.54. The van der Waals surface area contributed by atoms with Crippen LogP contribution in [0.2, 0.25) is 5.02 Å². The largest absolute Gasteiger partial charge is 0.497 e. The summed E-state index contributed by atoms with van der Waals surface area (Å²) in [5.41, 5.74) is 2.18. The van der Waals surface area contributed by atoms with Gasteiger partial charge in [-0.1, -0.05) is 29.8 Å². The maximum atomic E-state index is 5.93. The zero-order valence-electron chi connectivity index (χ0n) is 12.4. The quantitative estimate of drug-likeness (QED) is 0.610. The van der Waals surface area contributed by atoms with Crippen molar-refractivity contribution in [2.45, 2.75) is 12.8 Å². The number of hydrogen-bond acceptors (Lipinski definition) is 2. The summed E-state index contributed by atoms with van der Waals surface area (Å²) in [6, 6.07) is 15.6. The average molecular weight is 335 g/mol. The standard InChI is InChI=1S/C17H19ClN2OS/c1-21-16-9-7-13(8-10-16)4-3-11-19-17(22)20-15-6-2-5-14(18)12-15/h2,5-10,12H,3-4,11H2,1H3,(H2,19,20,22). The molecule has 2 rings (SSSR count). The molecule has 0 atom stereocenters. The van der Waals surface area contributed by atoms with Crippen molar-refractivity contribution in [2.24, 2.45) is 0 Å². The topological polar surface area (TPSA) is 33.3 Å². The Morgan fingerprint density at radius 2 is 1.95 bits per heavy atom. The van der Waals surface area contributed by atoms with Crippen molar-refractivity contribution in [1.29, 1.82) is 0 Å². The van der Waals surface area contributed by atoms with Crippen LogP contribution in [0.1, 0.15) is 12.0 Å². The number of benzene rings is 2. The number of methoxy groups -OCH3 is 1. The van der Waals surface area contributed by atoms with E-state index in [2.05, 4.69) is 22.8 Å². The van der Waals surface area contributed by atoms with E-state index in [0.717, 1.165) is 30.8 Å². The fourth-order valence-corrected chi connectivity index (χ4v) is 2.44. The highest BCUT2D eigenvalue weighted by Gasteiger charge is 1.99. The second-order valence-electron chi connectivity index (χ2n) is 4.84. The Labute approximate surface area is 141 Å². The van der Waals surface area contributed by atoms with Crippen molar-refractivity contribution in [3.63, 3.8) is 0 Å².